The van der Waals surface area contributed by atoms with E-state index in [9.17, 15) is 18.8 Å². The predicted octanol–water partition coefficient (Wildman–Crippen LogP) is 2.41. The lowest BCUT2D eigenvalue weighted by Gasteiger charge is -2.20. The van der Waals surface area contributed by atoms with Crippen LogP contribution in [0.15, 0.2) is 58.9 Å². The van der Waals surface area contributed by atoms with Crippen molar-refractivity contribution in [1.82, 2.24) is 5.01 Å². The van der Waals surface area contributed by atoms with Gasteiger partial charge >= 0.3 is 0 Å². The van der Waals surface area contributed by atoms with Crippen molar-refractivity contribution in [3.8, 4) is 0 Å². The molecular weight excluding hydrogens is 389 g/mol. The van der Waals surface area contributed by atoms with Gasteiger partial charge < -0.3 is 5.32 Å². The summed E-state index contributed by atoms with van der Waals surface area (Å²) in [6.07, 6.45) is 0. The fourth-order valence-electron chi connectivity index (χ4n) is 3.10. The zero-order valence-corrected chi connectivity index (χ0v) is 15.0. The number of imide groups is 1. The third kappa shape index (κ3) is 3.09. The van der Waals surface area contributed by atoms with Gasteiger partial charge in [-0.25, -0.2) is 9.29 Å². The number of para-hydroxylation sites is 1. The van der Waals surface area contributed by atoms with E-state index in [1.165, 1.54) is 17.1 Å². The molecule has 0 saturated carbocycles. The second-order valence-electron chi connectivity index (χ2n) is 6.22. The summed E-state index contributed by atoms with van der Waals surface area (Å²) in [5.74, 6) is -2.28. The summed E-state index contributed by atoms with van der Waals surface area (Å²) in [5.41, 5.74) is 0.733. The average molecular weight is 402 g/mol. The van der Waals surface area contributed by atoms with Gasteiger partial charge in [0.2, 0.25) is 5.91 Å². The van der Waals surface area contributed by atoms with Crippen LogP contribution in [0, 0.1) is 5.82 Å². The molecule has 0 aromatic heterocycles. The summed E-state index contributed by atoms with van der Waals surface area (Å²) >= 11 is 5.75. The first-order valence-electron chi connectivity index (χ1n) is 8.31. The number of halogens is 2. The van der Waals surface area contributed by atoms with Gasteiger partial charge in [0.25, 0.3) is 11.8 Å². The number of amides is 3. The number of benzene rings is 2. The van der Waals surface area contributed by atoms with Crippen molar-refractivity contribution >= 4 is 40.7 Å². The van der Waals surface area contributed by atoms with E-state index in [1.54, 1.807) is 24.3 Å². The summed E-state index contributed by atoms with van der Waals surface area (Å²) < 4.78 is 13.4. The van der Waals surface area contributed by atoms with Crippen molar-refractivity contribution in [1.29, 1.82) is 0 Å². The number of fused-ring (bicyclic) bond motifs is 1. The summed E-state index contributed by atoms with van der Waals surface area (Å²) in [5, 5.41) is 11.3. The van der Waals surface area contributed by atoms with Gasteiger partial charge in [-0.15, -0.1) is 0 Å². The summed E-state index contributed by atoms with van der Waals surface area (Å²) in [4.78, 5) is 38.6. The van der Waals surface area contributed by atoms with E-state index in [0.29, 0.717) is 5.69 Å². The van der Waals surface area contributed by atoms with E-state index < -0.39 is 35.6 Å². The lowest BCUT2D eigenvalue weighted by molar-refractivity contribution is -0.123. The van der Waals surface area contributed by atoms with Gasteiger partial charge in [-0.2, -0.15) is 5.11 Å². The number of hydrogen-bond acceptors (Lipinski definition) is 6. The van der Waals surface area contributed by atoms with Gasteiger partial charge in [0.15, 0.2) is 12.1 Å². The zero-order chi connectivity index (χ0) is 19.8. The Labute approximate surface area is 163 Å². The third-order valence-electron chi connectivity index (χ3n) is 4.38. The number of anilines is 2. The molecule has 0 aliphatic carbocycles. The van der Waals surface area contributed by atoms with Crippen molar-refractivity contribution < 1.29 is 18.8 Å². The molecule has 0 bridgehead atoms. The maximum atomic E-state index is 13.4. The molecule has 2 heterocycles. The number of nitrogens with one attached hydrogen (secondary N) is 1. The van der Waals surface area contributed by atoms with Crippen molar-refractivity contribution in [3.63, 3.8) is 0 Å². The highest BCUT2D eigenvalue weighted by atomic mass is 35.5. The molecule has 4 rings (SSSR count). The molecule has 1 N–H and O–H groups in total. The number of carbonyl (C=O) groups excluding carboxylic acids is 3. The Hall–Kier alpha value is -3.33. The minimum atomic E-state index is -1.05. The summed E-state index contributed by atoms with van der Waals surface area (Å²) in [7, 11) is 0. The van der Waals surface area contributed by atoms with E-state index >= 15 is 0 Å². The molecule has 142 valence electrons. The topological polar surface area (TPSA) is 94.4 Å². The largest absolute Gasteiger partial charge is 0.324 e. The lowest BCUT2D eigenvalue weighted by atomic mass is 10.1. The number of carbonyl (C=O) groups is 3. The van der Waals surface area contributed by atoms with Gasteiger partial charge in [0.1, 0.15) is 12.4 Å². The fraction of sp³-hybridized carbons (Fsp3) is 0.167. The molecule has 2 atom stereocenters. The highest BCUT2D eigenvalue weighted by Gasteiger charge is 2.55. The Bertz CT molecular complexity index is 1000. The molecule has 1 fully saturated rings. The van der Waals surface area contributed by atoms with Crippen LogP contribution in [-0.4, -0.2) is 41.4 Å². The first-order valence-corrected chi connectivity index (χ1v) is 8.68. The van der Waals surface area contributed by atoms with E-state index in [0.717, 1.165) is 11.0 Å². The van der Waals surface area contributed by atoms with Gasteiger partial charge in [0, 0.05) is 5.69 Å². The Morgan fingerprint density at radius 1 is 1.14 bits per heavy atom. The molecule has 2 aromatic rings. The molecule has 28 heavy (non-hydrogen) atoms. The molecule has 3 amide bonds. The van der Waals surface area contributed by atoms with Crippen LogP contribution in [-0.2, 0) is 14.4 Å². The Morgan fingerprint density at radius 3 is 2.61 bits per heavy atom. The highest BCUT2D eigenvalue weighted by molar-refractivity contribution is 6.32. The minimum absolute atomic E-state index is 0.139. The normalized spacial score (nSPS) is 20.6. The molecule has 0 radical (unpaired) electrons. The second kappa shape index (κ2) is 7.01. The van der Waals surface area contributed by atoms with Crippen molar-refractivity contribution in [3.05, 3.63) is 59.4 Å². The van der Waals surface area contributed by atoms with Crippen LogP contribution in [0.25, 0.3) is 0 Å². The zero-order valence-electron chi connectivity index (χ0n) is 14.3. The third-order valence-corrected chi connectivity index (χ3v) is 4.67. The van der Waals surface area contributed by atoms with Crippen LogP contribution >= 0.6 is 11.6 Å². The first-order chi connectivity index (χ1) is 13.5. The van der Waals surface area contributed by atoms with Gasteiger partial charge in [-0.3, -0.25) is 19.4 Å². The molecule has 2 aliphatic rings. The summed E-state index contributed by atoms with van der Waals surface area (Å²) in [6, 6.07) is 10.2. The van der Waals surface area contributed by atoms with E-state index in [1.807, 2.05) is 6.07 Å². The van der Waals surface area contributed by atoms with Crippen molar-refractivity contribution in [2.75, 3.05) is 16.8 Å². The molecule has 2 aliphatic heterocycles. The maximum absolute atomic E-state index is 13.4. The monoisotopic (exact) mass is 401 g/mol. The van der Waals surface area contributed by atoms with Crippen LogP contribution in [0.5, 0.6) is 0 Å². The fourth-order valence-corrected chi connectivity index (χ4v) is 3.28. The first kappa shape index (κ1) is 18.1. The van der Waals surface area contributed by atoms with Crippen molar-refractivity contribution in [2.45, 2.75) is 12.1 Å². The van der Waals surface area contributed by atoms with Crippen LogP contribution in [0.3, 0.4) is 0 Å². The number of hydrogen-bond donors (Lipinski definition) is 1. The van der Waals surface area contributed by atoms with E-state index in [2.05, 4.69) is 15.7 Å². The molecule has 0 spiro atoms. The summed E-state index contributed by atoms with van der Waals surface area (Å²) in [6.45, 7) is -0.253. The lowest BCUT2D eigenvalue weighted by Crippen LogP contribution is -2.43. The molecule has 2 aromatic carbocycles. The number of rotatable bonds is 4. The number of nitrogens with zero attached hydrogens (tertiary/aromatic N) is 4. The molecule has 0 unspecified atom stereocenters. The van der Waals surface area contributed by atoms with Gasteiger partial charge in [-0.05, 0) is 30.3 Å². The van der Waals surface area contributed by atoms with Gasteiger partial charge in [-0.1, -0.05) is 35.0 Å². The maximum Gasteiger partial charge on any atom is 0.263 e. The molecule has 1 saturated heterocycles. The van der Waals surface area contributed by atoms with Crippen LogP contribution < -0.4 is 10.2 Å². The van der Waals surface area contributed by atoms with Crippen LogP contribution in [0.1, 0.15) is 0 Å². The second-order valence-corrected chi connectivity index (χ2v) is 6.62. The predicted molar refractivity (Wildman–Crippen MR) is 98.1 cm³/mol. The van der Waals surface area contributed by atoms with E-state index in [4.69, 9.17) is 11.6 Å². The molecular formula is C18H13ClFN5O3. The smallest absolute Gasteiger partial charge is 0.263 e. The average Bonchev–Trinajstić information content (AvgIpc) is 3.18. The minimum Gasteiger partial charge on any atom is -0.324 e. The van der Waals surface area contributed by atoms with Crippen LogP contribution in [0.2, 0.25) is 5.02 Å². The SMILES string of the molecule is O=C(CN1N=N[C@H]2C(=O)N(c3ccc(F)c(Cl)c3)C(=O)[C@@H]21)Nc1ccccc1. The van der Waals surface area contributed by atoms with Gasteiger partial charge in [0.05, 0.1) is 10.7 Å². The van der Waals surface area contributed by atoms with Crippen LogP contribution in [0.4, 0.5) is 15.8 Å². The Morgan fingerprint density at radius 2 is 1.89 bits per heavy atom. The van der Waals surface area contributed by atoms with E-state index in [-0.39, 0.29) is 17.3 Å². The molecule has 8 nitrogen and oxygen atoms in total. The highest BCUT2D eigenvalue weighted by Crippen LogP contribution is 2.33. The Kier molecular flexibility index (Phi) is 4.52. The Balaban J connectivity index is 1.51. The standard InChI is InChI=1S/C18H13ClFN5O3/c19-12-8-11(6-7-13(12)20)25-17(27)15-16(18(25)28)24(23-22-15)9-14(26)21-10-4-2-1-3-5-10/h1-8,15-16H,9H2,(H,21,26)/t15-,16-/m1/s1. The van der Waals surface area contributed by atoms with Crippen molar-refractivity contribution in [2.24, 2.45) is 10.3 Å². The molecule has 10 heteroatoms. The quantitative estimate of drug-likeness (QED) is 0.796.